The summed E-state index contributed by atoms with van der Waals surface area (Å²) in [6.07, 6.45) is 4.09. The number of aromatic amines is 1. The highest BCUT2D eigenvalue weighted by Gasteiger charge is 2.23. The maximum absolute atomic E-state index is 13.8. The summed E-state index contributed by atoms with van der Waals surface area (Å²) in [5.41, 5.74) is 7.55. The number of rotatable bonds is 10. The maximum atomic E-state index is 13.8. The average molecular weight is 553 g/mol. The second kappa shape index (κ2) is 12.7. The number of amides is 2. The van der Waals surface area contributed by atoms with Crippen molar-refractivity contribution in [1.82, 2.24) is 25.3 Å². The molecule has 0 aliphatic rings. The van der Waals surface area contributed by atoms with Gasteiger partial charge in [-0.15, -0.1) is 0 Å². The number of carbonyl (C=O) groups is 2. The van der Waals surface area contributed by atoms with Crippen molar-refractivity contribution in [1.29, 1.82) is 0 Å². The van der Waals surface area contributed by atoms with Gasteiger partial charge in [-0.1, -0.05) is 60.7 Å². The first-order valence-corrected chi connectivity index (χ1v) is 13.1. The van der Waals surface area contributed by atoms with E-state index in [-0.39, 0.29) is 18.8 Å². The number of nitrogens with one attached hydrogen (secondary N) is 3. The molecule has 3 N–H and O–H groups in total. The van der Waals surface area contributed by atoms with Crippen molar-refractivity contribution in [2.24, 2.45) is 5.10 Å². The molecule has 0 unspecified atom stereocenters. The van der Waals surface area contributed by atoms with E-state index in [0.29, 0.717) is 12.2 Å². The zero-order valence-corrected chi connectivity index (χ0v) is 22.4. The predicted octanol–water partition coefficient (Wildman–Crippen LogP) is 4.85. The topological polar surface area (TPSA) is 113 Å². The Morgan fingerprint density at radius 3 is 2.63 bits per heavy atom. The molecule has 0 saturated carbocycles. The number of hydrogen-bond donors (Lipinski definition) is 3. The van der Waals surface area contributed by atoms with Gasteiger partial charge in [0.05, 0.1) is 12.5 Å². The third-order valence-corrected chi connectivity index (χ3v) is 6.68. The summed E-state index contributed by atoms with van der Waals surface area (Å²) < 4.78 is 21.2. The second-order valence-corrected chi connectivity index (χ2v) is 9.51. The van der Waals surface area contributed by atoms with Gasteiger partial charge >= 0.3 is 6.09 Å². The Morgan fingerprint density at radius 1 is 1.07 bits per heavy atom. The second-order valence-electron chi connectivity index (χ2n) is 9.51. The van der Waals surface area contributed by atoms with Crippen molar-refractivity contribution in [2.75, 3.05) is 0 Å². The molecular formula is C31H29FN6O3. The number of nitrogens with zero attached hydrogens (tertiary/aromatic N) is 3. The predicted molar refractivity (Wildman–Crippen MR) is 154 cm³/mol. The summed E-state index contributed by atoms with van der Waals surface area (Å²) in [4.78, 5) is 32.6. The Balaban J connectivity index is 1.30. The van der Waals surface area contributed by atoms with Crippen LogP contribution in [0.15, 0.2) is 96.5 Å². The van der Waals surface area contributed by atoms with Gasteiger partial charge in [0, 0.05) is 47.0 Å². The fraction of sp³-hybridized carbons (Fsp3) is 0.161. The molecular weight excluding hydrogens is 523 g/mol. The summed E-state index contributed by atoms with van der Waals surface area (Å²) in [5, 5.41) is 7.78. The van der Waals surface area contributed by atoms with Crippen LogP contribution in [0.1, 0.15) is 28.1 Å². The first-order valence-electron chi connectivity index (χ1n) is 13.1. The summed E-state index contributed by atoms with van der Waals surface area (Å²) in [6.45, 7) is 2.50. The zero-order chi connectivity index (χ0) is 28.6. The van der Waals surface area contributed by atoms with Gasteiger partial charge in [0.2, 0.25) is 0 Å². The number of hydrazone groups is 1. The first-order chi connectivity index (χ1) is 20.0. The minimum absolute atomic E-state index is 0.0716. The Labute approximate surface area is 236 Å². The van der Waals surface area contributed by atoms with Crippen molar-refractivity contribution in [3.8, 4) is 0 Å². The molecule has 9 nitrogen and oxygen atoms in total. The molecule has 2 aromatic heterocycles. The van der Waals surface area contributed by atoms with Crippen LogP contribution in [0, 0.1) is 12.7 Å². The number of aromatic nitrogens is 3. The van der Waals surface area contributed by atoms with Crippen molar-refractivity contribution >= 4 is 29.1 Å². The van der Waals surface area contributed by atoms with E-state index in [2.05, 4.69) is 30.4 Å². The summed E-state index contributed by atoms with van der Waals surface area (Å²) >= 11 is 0. The molecule has 3 aromatic carbocycles. The number of carbonyl (C=O) groups excluding carboxylic acids is 2. The molecule has 5 aromatic rings. The fourth-order valence-electron chi connectivity index (χ4n) is 4.61. The third-order valence-electron chi connectivity index (χ3n) is 6.68. The molecule has 0 fully saturated rings. The van der Waals surface area contributed by atoms with E-state index in [1.54, 1.807) is 18.5 Å². The number of imidazole rings is 1. The summed E-state index contributed by atoms with van der Waals surface area (Å²) in [5.74, 6) is -0.808. The Kier molecular flexibility index (Phi) is 8.49. The normalized spacial score (nSPS) is 12.0. The molecule has 208 valence electrons. The molecule has 10 heteroatoms. The van der Waals surface area contributed by atoms with Crippen LogP contribution >= 0.6 is 0 Å². The number of H-pyrrole nitrogens is 1. The third kappa shape index (κ3) is 6.85. The standard InChI is InChI=1S/C31H29FN6O3/c1-21-27(26-12-5-6-13-29(26)38(21)18-23-10-7-11-24(32)14-23)17-35-37-30(39)28(15-25-16-33-20-34-25)36-31(40)41-19-22-8-3-2-4-9-22/h2-14,16-17,20,28H,15,18-19H2,1H3,(H,33,34)(H,36,40)(H,37,39)/b35-17-/t28-/m0/s1. The highest BCUT2D eigenvalue weighted by molar-refractivity contribution is 6.01. The van der Waals surface area contributed by atoms with Crippen LogP contribution in [0.5, 0.6) is 0 Å². The Morgan fingerprint density at radius 2 is 1.85 bits per heavy atom. The van der Waals surface area contributed by atoms with Gasteiger partial charge in [0.15, 0.2) is 0 Å². The van der Waals surface area contributed by atoms with Gasteiger partial charge in [0.1, 0.15) is 18.5 Å². The quantitative estimate of drug-likeness (QED) is 0.170. The Bertz CT molecular complexity index is 1660. The number of hydrogen-bond acceptors (Lipinski definition) is 5. The maximum Gasteiger partial charge on any atom is 0.408 e. The lowest BCUT2D eigenvalue weighted by atomic mass is 10.1. The smallest absolute Gasteiger partial charge is 0.408 e. The lowest BCUT2D eigenvalue weighted by Gasteiger charge is -2.16. The Hall–Kier alpha value is -5.25. The van der Waals surface area contributed by atoms with Gasteiger partial charge in [-0.25, -0.2) is 19.6 Å². The molecule has 0 spiro atoms. The van der Waals surface area contributed by atoms with Crippen LogP contribution in [-0.4, -0.2) is 38.8 Å². The van der Waals surface area contributed by atoms with Crippen molar-refractivity contribution in [3.05, 3.63) is 125 Å². The van der Waals surface area contributed by atoms with Gasteiger partial charge in [0.25, 0.3) is 5.91 Å². The lowest BCUT2D eigenvalue weighted by molar-refractivity contribution is -0.123. The number of halogens is 1. The molecule has 1 atom stereocenters. The van der Waals surface area contributed by atoms with E-state index in [1.165, 1.54) is 18.5 Å². The van der Waals surface area contributed by atoms with Gasteiger partial charge < -0.3 is 19.6 Å². The lowest BCUT2D eigenvalue weighted by Crippen LogP contribution is -2.47. The van der Waals surface area contributed by atoms with Crippen LogP contribution in [0.4, 0.5) is 9.18 Å². The molecule has 0 radical (unpaired) electrons. The van der Waals surface area contributed by atoms with Crippen LogP contribution in [0.25, 0.3) is 10.9 Å². The first kappa shape index (κ1) is 27.3. The average Bonchev–Trinajstić information content (AvgIpc) is 3.59. The van der Waals surface area contributed by atoms with E-state index in [9.17, 15) is 14.0 Å². The van der Waals surface area contributed by atoms with Gasteiger partial charge in [-0.3, -0.25) is 4.79 Å². The molecule has 0 aliphatic carbocycles. The largest absolute Gasteiger partial charge is 0.445 e. The number of benzene rings is 3. The molecule has 2 amide bonds. The van der Waals surface area contributed by atoms with E-state index < -0.39 is 18.0 Å². The molecule has 0 saturated heterocycles. The van der Waals surface area contributed by atoms with E-state index in [0.717, 1.165) is 33.3 Å². The van der Waals surface area contributed by atoms with Gasteiger partial charge in [-0.05, 0) is 36.2 Å². The minimum atomic E-state index is -0.966. The van der Waals surface area contributed by atoms with E-state index in [4.69, 9.17) is 4.74 Å². The summed E-state index contributed by atoms with van der Waals surface area (Å²) in [7, 11) is 0. The SMILES string of the molecule is Cc1c(/C=N\NC(=O)[C@H](Cc2cnc[nH]2)NC(=O)OCc2ccccc2)c2ccccc2n1Cc1cccc(F)c1. The van der Waals surface area contributed by atoms with Crippen molar-refractivity contribution < 1.29 is 18.7 Å². The van der Waals surface area contributed by atoms with Crippen molar-refractivity contribution in [3.63, 3.8) is 0 Å². The van der Waals surface area contributed by atoms with E-state index >= 15 is 0 Å². The zero-order valence-electron chi connectivity index (χ0n) is 22.4. The van der Waals surface area contributed by atoms with Crippen LogP contribution in [0.2, 0.25) is 0 Å². The highest BCUT2D eigenvalue weighted by Crippen LogP contribution is 2.25. The van der Waals surface area contributed by atoms with E-state index in [1.807, 2.05) is 67.6 Å². The molecule has 0 aliphatic heterocycles. The van der Waals surface area contributed by atoms with Crippen LogP contribution in [-0.2, 0) is 29.1 Å². The minimum Gasteiger partial charge on any atom is -0.445 e. The van der Waals surface area contributed by atoms with Crippen LogP contribution in [0.3, 0.4) is 0 Å². The molecule has 2 heterocycles. The fourth-order valence-corrected chi connectivity index (χ4v) is 4.61. The number of para-hydroxylation sites is 1. The number of ether oxygens (including phenoxy) is 1. The van der Waals surface area contributed by atoms with Crippen LogP contribution < -0.4 is 10.7 Å². The monoisotopic (exact) mass is 552 g/mol. The van der Waals surface area contributed by atoms with Crippen molar-refractivity contribution in [2.45, 2.75) is 32.5 Å². The number of fused-ring (bicyclic) bond motifs is 1. The highest BCUT2D eigenvalue weighted by atomic mass is 19.1. The number of alkyl carbamates (subject to hydrolysis) is 1. The molecule has 5 rings (SSSR count). The molecule has 41 heavy (non-hydrogen) atoms. The summed E-state index contributed by atoms with van der Waals surface area (Å²) in [6, 6.07) is 22.6. The molecule has 0 bridgehead atoms. The van der Waals surface area contributed by atoms with Gasteiger partial charge in [-0.2, -0.15) is 5.10 Å².